The molecule has 0 aromatic carbocycles. The summed E-state index contributed by atoms with van der Waals surface area (Å²) in [6.07, 6.45) is 2.78. The minimum atomic E-state index is -0.719. The molecule has 1 unspecified atom stereocenters. The van der Waals surface area contributed by atoms with Crippen LogP contribution >= 0.6 is 12.4 Å². The van der Waals surface area contributed by atoms with Gasteiger partial charge in [-0.3, -0.25) is 4.79 Å². The number of hydrogen-bond acceptors (Lipinski definition) is 3. The number of ether oxygens (including phenoxy) is 1. The van der Waals surface area contributed by atoms with E-state index in [-0.39, 0.29) is 23.9 Å². The van der Waals surface area contributed by atoms with Crippen LogP contribution in [0.1, 0.15) is 19.3 Å². The van der Waals surface area contributed by atoms with Gasteiger partial charge in [-0.1, -0.05) is 0 Å². The fourth-order valence-electron chi connectivity index (χ4n) is 2.28. The first kappa shape index (κ1) is 11.8. The summed E-state index contributed by atoms with van der Waals surface area (Å²) in [6.45, 7) is 2.41. The summed E-state index contributed by atoms with van der Waals surface area (Å²) >= 11 is 0. The SMILES string of the molecule is Cl.O=C(O)C1CC2(CCOCC2)CN1. The quantitative estimate of drug-likeness (QED) is 0.683. The third-order valence-corrected chi connectivity index (χ3v) is 3.21. The van der Waals surface area contributed by atoms with Gasteiger partial charge in [0.05, 0.1) is 0 Å². The van der Waals surface area contributed by atoms with Gasteiger partial charge in [0, 0.05) is 19.8 Å². The van der Waals surface area contributed by atoms with E-state index in [9.17, 15) is 4.79 Å². The maximum atomic E-state index is 10.7. The Balaban J connectivity index is 0.000000980. The predicted molar refractivity (Wildman–Crippen MR) is 53.8 cm³/mol. The zero-order valence-corrected chi connectivity index (χ0v) is 8.81. The fraction of sp³-hybridized carbons (Fsp3) is 0.889. The number of halogens is 1. The molecule has 0 aromatic rings. The van der Waals surface area contributed by atoms with Crippen LogP contribution in [0.3, 0.4) is 0 Å². The van der Waals surface area contributed by atoms with Gasteiger partial charge in [-0.15, -0.1) is 12.4 Å². The number of carboxylic acids is 1. The molecule has 0 aliphatic carbocycles. The number of rotatable bonds is 1. The normalized spacial score (nSPS) is 29.9. The fourth-order valence-corrected chi connectivity index (χ4v) is 2.28. The second kappa shape index (κ2) is 4.47. The van der Waals surface area contributed by atoms with Crippen LogP contribution in [0.15, 0.2) is 0 Å². The molecule has 82 valence electrons. The molecular weight excluding hydrogens is 206 g/mol. The second-order valence-corrected chi connectivity index (χ2v) is 4.09. The van der Waals surface area contributed by atoms with E-state index >= 15 is 0 Å². The Hall–Kier alpha value is -0.320. The van der Waals surface area contributed by atoms with Crippen LogP contribution in [0.4, 0.5) is 0 Å². The van der Waals surface area contributed by atoms with E-state index in [4.69, 9.17) is 9.84 Å². The van der Waals surface area contributed by atoms with Crippen molar-refractivity contribution in [2.75, 3.05) is 19.8 Å². The molecule has 2 aliphatic heterocycles. The standard InChI is InChI=1S/C9H15NO3.ClH/c11-8(12)7-5-9(6-10-7)1-3-13-4-2-9;/h7,10H,1-6H2,(H,11,12);1H. The highest BCUT2D eigenvalue weighted by Crippen LogP contribution is 2.38. The van der Waals surface area contributed by atoms with E-state index in [1.807, 2.05) is 0 Å². The molecule has 5 heteroatoms. The topological polar surface area (TPSA) is 58.6 Å². The van der Waals surface area contributed by atoms with E-state index in [0.717, 1.165) is 39.0 Å². The maximum Gasteiger partial charge on any atom is 0.320 e. The van der Waals surface area contributed by atoms with Gasteiger partial charge in [0.2, 0.25) is 0 Å². The molecule has 2 rings (SSSR count). The van der Waals surface area contributed by atoms with E-state index in [1.165, 1.54) is 0 Å². The monoisotopic (exact) mass is 221 g/mol. The summed E-state index contributed by atoms with van der Waals surface area (Å²) in [6, 6.07) is -0.335. The van der Waals surface area contributed by atoms with E-state index in [0.29, 0.717) is 0 Å². The molecule has 2 N–H and O–H groups in total. The molecule has 2 saturated heterocycles. The molecule has 1 spiro atoms. The van der Waals surface area contributed by atoms with Crippen molar-refractivity contribution in [1.29, 1.82) is 0 Å². The van der Waals surface area contributed by atoms with Crippen molar-refractivity contribution in [3.05, 3.63) is 0 Å². The molecule has 0 saturated carbocycles. The number of hydrogen-bond donors (Lipinski definition) is 2. The van der Waals surface area contributed by atoms with Gasteiger partial charge in [0.15, 0.2) is 0 Å². The lowest BCUT2D eigenvalue weighted by molar-refractivity contribution is -0.139. The molecule has 2 heterocycles. The lowest BCUT2D eigenvalue weighted by Gasteiger charge is -2.32. The Morgan fingerprint density at radius 3 is 2.57 bits per heavy atom. The number of nitrogens with one attached hydrogen (secondary N) is 1. The molecule has 2 fully saturated rings. The van der Waals surface area contributed by atoms with Crippen LogP contribution in [0.5, 0.6) is 0 Å². The summed E-state index contributed by atoms with van der Waals surface area (Å²) in [4.78, 5) is 10.7. The lowest BCUT2D eigenvalue weighted by Crippen LogP contribution is -2.31. The molecule has 2 aliphatic rings. The highest BCUT2D eigenvalue weighted by Gasteiger charge is 2.42. The molecular formula is C9H16ClNO3. The van der Waals surface area contributed by atoms with Crippen LogP contribution in [-0.2, 0) is 9.53 Å². The zero-order valence-electron chi connectivity index (χ0n) is 7.99. The van der Waals surface area contributed by atoms with Gasteiger partial charge in [-0.2, -0.15) is 0 Å². The summed E-state index contributed by atoms with van der Waals surface area (Å²) in [5.41, 5.74) is 0.210. The van der Waals surface area contributed by atoms with Gasteiger partial charge in [-0.25, -0.2) is 0 Å². The Labute approximate surface area is 89.4 Å². The van der Waals surface area contributed by atoms with Crippen LogP contribution in [0.2, 0.25) is 0 Å². The van der Waals surface area contributed by atoms with Gasteiger partial charge in [0.1, 0.15) is 6.04 Å². The number of aliphatic carboxylic acids is 1. The average Bonchev–Trinajstić information content (AvgIpc) is 2.51. The highest BCUT2D eigenvalue weighted by atomic mass is 35.5. The van der Waals surface area contributed by atoms with E-state index < -0.39 is 5.97 Å². The first-order valence-corrected chi connectivity index (χ1v) is 4.76. The Kier molecular flexibility index (Phi) is 3.75. The molecule has 0 aromatic heterocycles. The molecule has 0 radical (unpaired) electrons. The van der Waals surface area contributed by atoms with Gasteiger partial charge in [0.25, 0.3) is 0 Å². The van der Waals surface area contributed by atoms with Gasteiger partial charge >= 0.3 is 5.97 Å². The zero-order chi connectivity index (χ0) is 9.31. The molecule has 0 bridgehead atoms. The van der Waals surface area contributed by atoms with E-state index in [1.54, 1.807) is 0 Å². The minimum Gasteiger partial charge on any atom is -0.480 e. The largest absolute Gasteiger partial charge is 0.480 e. The molecule has 14 heavy (non-hydrogen) atoms. The van der Waals surface area contributed by atoms with Crippen LogP contribution < -0.4 is 5.32 Å². The van der Waals surface area contributed by atoms with Crippen molar-refractivity contribution in [2.24, 2.45) is 5.41 Å². The maximum absolute atomic E-state index is 10.7. The Morgan fingerprint density at radius 2 is 2.07 bits per heavy atom. The first-order valence-electron chi connectivity index (χ1n) is 4.76. The average molecular weight is 222 g/mol. The third-order valence-electron chi connectivity index (χ3n) is 3.21. The number of carbonyl (C=O) groups is 1. The van der Waals surface area contributed by atoms with Gasteiger partial charge in [-0.05, 0) is 24.7 Å². The second-order valence-electron chi connectivity index (χ2n) is 4.09. The van der Waals surface area contributed by atoms with Crippen molar-refractivity contribution < 1.29 is 14.6 Å². The van der Waals surface area contributed by atoms with Gasteiger partial charge < -0.3 is 15.2 Å². The summed E-state index contributed by atoms with van der Waals surface area (Å²) in [7, 11) is 0. The van der Waals surface area contributed by atoms with Crippen molar-refractivity contribution in [3.63, 3.8) is 0 Å². The first-order chi connectivity index (χ1) is 6.22. The minimum absolute atomic E-state index is 0. The van der Waals surface area contributed by atoms with Crippen LogP contribution in [0, 0.1) is 5.41 Å². The highest BCUT2D eigenvalue weighted by molar-refractivity contribution is 5.85. The van der Waals surface area contributed by atoms with Crippen LogP contribution in [-0.4, -0.2) is 36.9 Å². The van der Waals surface area contributed by atoms with Crippen LogP contribution in [0.25, 0.3) is 0 Å². The predicted octanol–water partition coefficient (Wildman–Crippen LogP) is 0.651. The number of carboxylic acid groups (broad SMARTS) is 1. The molecule has 4 nitrogen and oxygen atoms in total. The smallest absolute Gasteiger partial charge is 0.320 e. The van der Waals surface area contributed by atoms with E-state index in [2.05, 4.69) is 5.32 Å². The Bertz CT molecular complexity index is 216. The summed E-state index contributed by atoms with van der Waals surface area (Å²) in [5, 5.41) is 11.9. The lowest BCUT2D eigenvalue weighted by atomic mass is 9.78. The van der Waals surface area contributed by atoms with Crippen molar-refractivity contribution >= 4 is 18.4 Å². The van der Waals surface area contributed by atoms with Crippen molar-refractivity contribution in [2.45, 2.75) is 25.3 Å². The molecule has 0 amide bonds. The molecule has 1 atom stereocenters. The van der Waals surface area contributed by atoms with Crippen molar-refractivity contribution in [3.8, 4) is 0 Å². The third kappa shape index (κ3) is 2.19. The Morgan fingerprint density at radius 1 is 1.43 bits per heavy atom. The summed E-state index contributed by atoms with van der Waals surface area (Å²) in [5.74, 6) is -0.719. The van der Waals surface area contributed by atoms with Crippen molar-refractivity contribution in [1.82, 2.24) is 5.32 Å². The summed E-state index contributed by atoms with van der Waals surface area (Å²) < 4.78 is 5.28.